The Morgan fingerprint density at radius 3 is 2.47 bits per heavy atom. The van der Waals surface area contributed by atoms with Crippen molar-refractivity contribution in [3.8, 4) is 5.69 Å². The molecule has 0 aliphatic heterocycles. The van der Waals surface area contributed by atoms with Crippen LogP contribution in [-0.4, -0.2) is 56.3 Å². The van der Waals surface area contributed by atoms with Crippen LogP contribution in [0.3, 0.4) is 0 Å². The number of hydrogen-bond acceptors (Lipinski definition) is 7. The summed E-state index contributed by atoms with van der Waals surface area (Å²) < 4.78 is 13.4. The zero-order valence-corrected chi connectivity index (χ0v) is 27.9. The monoisotopic (exact) mass is 636 g/mol. The quantitative estimate of drug-likeness (QED) is 0.293. The maximum Gasteiger partial charge on any atom is 0.306 e. The number of ether oxygens (including phenoxy) is 2. The van der Waals surface area contributed by atoms with Gasteiger partial charge >= 0.3 is 11.9 Å². The van der Waals surface area contributed by atoms with E-state index in [9.17, 15) is 19.5 Å². The summed E-state index contributed by atoms with van der Waals surface area (Å²) >= 11 is 7.34. The highest BCUT2D eigenvalue weighted by molar-refractivity contribution is 6.21. The Morgan fingerprint density at radius 2 is 1.80 bits per heavy atom. The van der Waals surface area contributed by atoms with Crippen molar-refractivity contribution in [2.75, 3.05) is 6.61 Å². The molecule has 0 spiro atoms. The normalized spacial score (nSPS) is 36.6. The van der Waals surface area contributed by atoms with E-state index in [4.69, 9.17) is 26.2 Å². The summed E-state index contributed by atoms with van der Waals surface area (Å²) in [5, 5.41) is 16.8. The molecule has 1 aromatic carbocycles. The van der Waals surface area contributed by atoms with Crippen LogP contribution in [0.4, 0.5) is 0 Å². The van der Waals surface area contributed by atoms with Crippen LogP contribution in [0, 0.1) is 41.4 Å². The van der Waals surface area contributed by atoms with E-state index in [1.165, 1.54) is 11.1 Å². The minimum absolute atomic E-state index is 0.0889. The molecule has 8 nitrogen and oxygen atoms in total. The van der Waals surface area contributed by atoms with Gasteiger partial charge in [0.2, 0.25) is 5.78 Å². The molecule has 3 fully saturated rings. The van der Waals surface area contributed by atoms with E-state index >= 15 is 0 Å². The lowest BCUT2D eigenvalue weighted by Gasteiger charge is -2.61. The van der Waals surface area contributed by atoms with Crippen molar-refractivity contribution in [3.05, 3.63) is 52.9 Å². The van der Waals surface area contributed by atoms with Crippen molar-refractivity contribution in [2.45, 2.75) is 97.1 Å². The zero-order chi connectivity index (χ0) is 32.5. The molecule has 45 heavy (non-hydrogen) atoms. The molecular weight excluding hydrogens is 592 g/mol. The fourth-order valence-corrected chi connectivity index (χ4v) is 10.2. The highest BCUT2D eigenvalue weighted by atomic mass is 35.5. The fourth-order valence-electron chi connectivity index (χ4n) is 9.72. The summed E-state index contributed by atoms with van der Waals surface area (Å²) in [5.41, 5.74) is 2.66. The number of Topliss-reactive ketones (excluding diaryl/α,β-unsaturated/α-hetero) is 1. The van der Waals surface area contributed by atoms with Gasteiger partial charge in [0.25, 0.3) is 0 Å². The summed E-state index contributed by atoms with van der Waals surface area (Å²) in [6.45, 7) is 11.1. The van der Waals surface area contributed by atoms with Crippen molar-refractivity contribution in [1.29, 1.82) is 0 Å². The smallest absolute Gasteiger partial charge is 0.306 e. The molecule has 6 rings (SSSR count). The largest absolute Gasteiger partial charge is 0.457 e. The van der Waals surface area contributed by atoms with E-state index in [0.717, 1.165) is 23.4 Å². The molecule has 0 bridgehead atoms. The van der Waals surface area contributed by atoms with Crippen LogP contribution in [0.5, 0.6) is 0 Å². The predicted molar refractivity (Wildman–Crippen MR) is 171 cm³/mol. The molecule has 1 unspecified atom stereocenters. The molecule has 1 heterocycles. The Balaban J connectivity index is 1.37. The second-order valence-corrected chi connectivity index (χ2v) is 14.9. The van der Waals surface area contributed by atoms with E-state index < -0.39 is 41.4 Å². The number of aryl methyl sites for hydroxylation is 1. The molecule has 0 radical (unpaired) electrons. The number of rotatable bonds is 7. The minimum atomic E-state index is -1.53. The SMILES string of the molecule is CCC(=O)OCC(=O)C1(OC(=O)CC)[C@H](C)C[C@H]2[C@H]3[C@H]([C@@H](O)C[C@@]21C)[C@@]1(C)Cc2cn(-c4ccc(C)cc4)nc2C=C1C[C@H]3Cl. The maximum atomic E-state index is 14.1. The first-order chi connectivity index (χ1) is 21.3. The van der Waals surface area contributed by atoms with Gasteiger partial charge in [-0.1, -0.05) is 57.9 Å². The van der Waals surface area contributed by atoms with Gasteiger partial charge in [-0.05, 0) is 79.5 Å². The molecule has 9 heteroatoms. The van der Waals surface area contributed by atoms with Crippen LogP contribution in [0.15, 0.2) is 36.0 Å². The molecule has 0 amide bonds. The number of carbonyl (C=O) groups excluding carboxylic acids is 3. The first-order valence-electron chi connectivity index (χ1n) is 16.4. The van der Waals surface area contributed by atoms with Gasteiger partial charge in [-0.15, -0.1) is 11.6 Å². The Labute approximate surface area is 270 Å². The predicted octanol–water partition coefficient (Wildman–Crippen LogP) is 6.01. The number of allylic oxidation sites excluding steroid dienone is 1. The van der Waals surface area contributed by atoms with Crippen LogP contribution < -0.4 is 0 Å². The molecule has 1 aromatic heterocycles. The van der Waals surface area contributed by atoms with E-state index in [-0.39, 0.29) is 53.7 Å². The molecule has 4 aliphatic carbocycles. The second-order valence-electron chi connectivity index (χ2n) is 14.3. The van der Waals surface area contributed by atoms with Crippen molar-refractivity contribution in [1.82, 2.24) is 9.78 Å². The standard InChI is InChI=1S/C36H45ClN2O6/c1-7-30(42)44-19-29(41)36(45-31(43)8-2)21(4)13-25-32-26(37)14-23-15-27-22(18-39(38-27)24-11-9-20(3)10-12-24)16-34(23,5)33(32)28(40)17-35(25,36)6/h9-12,15,18,21,25-26,28,32-33,40H,7-8,13-14,16-17,19H2,1-6H3/t21-,25+,26-,28+,32-,33+,34+,35+,36?/m1/s1. The molecule has 1 N–H and O–H groups in total. The highest BCUT2D eigenvalue weighted by Gasteiger charge is 2.74. The van der Waals surface area contributed by atoms with Crippen LogP contribution in [0.2, 0.25) is 0 Å². The van der Waals surface area contributed by atoms with Gasteiger partial charge in [0.1, 0.15) is 0 Å². The fraction of sp³-hybridized carbons (Fsp3) is 0.611. The molecule has 242 valence electrons. The van der Waals surface area contributed by atoms with E-state index in [2.05, 4.69) is 50.4 Å². The molecule has 3 saturated carbocycles. The first-order valence-corrected chi connectivity index (χ1v) is 16.8. The van der Waals surface area contributed by atoms with Gasteiger partial charge in [-0.2, -0.15) is 5.10 Å². The average Bonchev–Trinajstić information content (AvgIpc) is 3.50. The second kappa shape index (κ2) is 11.4. The van der Waals surface area contributed by atoms with Crippen LogP contribution in [-0.2, 0) is 30.3 Å². The number of benzene rings is 1. The number of aromatic nitrogens is 2. The number of nitrogens with zero attached hydrogens (tertiary/aromatic N) is 2. The number of halogens is 1. The summed E-state index contributed by atoms with van der Waals surface area (Å²) in [6.07, 6.45) is 5.98. The Bertz CT molecular complexity index is 1550. The number of hydrogen-bond donors (Lipinski definition) is 1. The number of aliphatic hydroxyl groups excluding tert-OH is 1. The van der Waals surface area contributed by atoms with Gasteiger partial charge in [-0.3, -0.25) is 14.4 Å². The highest BCUT2D eigenvalue weighted by Crippen LogP contribution is 2.70. The number of ketones is 1. The van der Waals surface area contributed by atoms with Gasteiger partial charge in [0.05, 0.1) is 17.5 Å². The maximum absolute atomic E-state index is 14.1. The topological polar surface area (TPSA) is 108 Å². The number of alkyl halides is 1. The molecular formula is C36H45ClN2O6. The van der Waals surface area contributed by atoms with Crippen LogP contribution >= 0.6 is 11.6 Å². The third kappa shape index (κ3) is 4.81. The lowest BCUT2D eigenvalue weighted by molar-refractivity contribution is -0.207. The van der Waals surface area contributed by atoms with E-state index in [0.29, 0.717) is 12.8 Å². The first kappa shape index (κ1) is 32.0. The molecule has 4 aliphatic rings. The number of aliphatic hydroxyl groups is 1. The zero-order valence-electron chi connectivity index (χ0n) is 27.1. The van der Waals surface area contributed by atoms with E-state index in [1.807, 2.05) is 18.5 Å². The van der Waals surface area contributed by atoms with Crippen LogP contribution in [0.25, 0.3) is 11.8 Å². The summed E-state index contributed by atoms with van der Waals surface area (Å²) in [6, 6.07) is 8.28. The van der Waals surface area contributed by atoms with Gasteiger partial charge in [0.15, 0.2) is 12.2 Å². The lowest BCUT2D eigenvalue weighted by atomic mass is 9.45. The molecule has 2 aromatic rings. The van der Waals surface area contributed by atoms with Gasteiger partial charge in [0, 0.05) is 35.7 Å². The number of fused-ring (bicyclic) bond motifs is 6. The van der Waals surface area contributed by atoms with E-state index in [1.54, 1.807) is 13.8 Å². The van der Waals surface area contributed by atoms with Gasteiger partial charge in [-0.25, -0.2) is 4.68 Å². The Morgan fingerprint density at radius 1 is 1.11 bits per heavy atom. The molecule has 0 saturated heterocycles. The Kier molecular flexibility index (Phi) is 8.09. The van der Waals surface area contributed by atoms with Crippen molar-refractivity contribution < 1.29 is 29.0 Å². The summed E-state index contributed by atoms with van der Waals surface area (Å²) in [5.74, 6) is -2.11. The minimum Gasteiger partial charge on any atom is -0.457 e. The van der Waals surface area contributed by atoms with Crippen molar-refractivity contribution in [2.24, 2.45) is 34.5 Å². The molecule has 9 atom stereocenters. The third-order valence-electron chi connectivity index (χ3n) is 11.8. The number of esters is 2. The lowest BCUT2D eigenvalue weighted by Crippen LogP contribution is -2.66. The van der Waals surface area contributed by atoms with Crippen molar-refractivity contribution in [3.63, 3.8) is 0 Å². The summed E-state index contributed by atoms with van der Waals surface area (Å²) in [4.78, 5) is 39.1. The van der Waals surface area contributed by atoms with Crippen molar-refractivity contribution >= 4 is 35.4 Å². The van der Waals surface area contributed by atoms with Gasteiger partial charge < -0.3 is 14.6 Å². The Hall–Kier alpha value is -2.97. The average molecular weight is 637 g/mol. The van der Waals surface area contributed by atoms with Crippen LogP contribution in [0.1, 0.15) is 83.5 Å². The third-order valence-corrected chi connectivity index (χ3v) is 12.3. The summed E-state index contributed by atoms with van der Waals surface area (Å²) in [7, 11) is 0. The number of carbonyl (C=O) groups is 3.